The highest BCUT2D eigenvalue weighted by molar-refractivity contribution is 5.97. The molecular formula is C19H18N2O. The van der Waals surface area contributed by atoms with Crippen molar-refractivity contribution in [1.82, 2.24) is 9.88 Å². The normalized spacial score (nSPS) is 10.4. The smallest absolute Gasteiger partial charge is 0.253 e. The molecule has 3 heteroatoms. The molecule has 1 aromatic heterocycles. The molecule has 1 amide bonds. The fourth-order valence-corrected chi connectivity index (χ4v) is 2.37. The van der Waals surface area contributed by atoms with Crippen molar-refractivity contribution in [3.8, 4) is 5.69 Å². The molecule has 3 aromatic rings. The third kappa shape index (κ3) is 3.09. The van der Waals surface area contributed by atoms with Crippen LogP contribution in [0.5, 0.6) is 0 Å². The average Bonchev–Trinajstić information content (AvgIpc) is 3.08. The molecular weight excluding hydrogens is 272 g/mol. The molecule has 0 saturated heterocycles. The van der Waals surface area contributed by atoms with Gasteiger partial charge in [-0.05, 0) is 36.8 Å². The minimum atomic E-state index is -0.0649. The predicted octanol–water partition coefficient (Wildman–Crippen LogP) is 3.72. The van der Waals surface area contributed by atoms with Crippen molar-refractivity contribution in [2.24, 2.45) is 0 Å². The van der Waals surface area contributed by atoms with E-state index >= 15 is 0 Å². The highest BCUT2D eigenvalue weighted by Gasteiger charge is 2.11. The van der Waals surface area contributed by atoms with Gasteiger partial charge in [0.2, 0.25) is 0 Å². The molecule has 1 heterocycles. The Morgan fingerprint density at radius 3 is 2.36 bits per heavy atom. The van der Waals surface area contributed by atoms with Gasteiger partial charge < -0.3 is 9.88 Å². The van der Waals surface area contributed by atoms with Gasteiger partial charge in [-0.1, -0.05) is 42.0 Å². The number of carbonyl (C=O) groups excluding carboxylic acids is 1. The fraction of sp³-hybridized carbons (Fsp3) is 0.105. The third-order valence-electron chi connectivity index (χ3n) is 3.60. The molecule has 1 N–H and O–H groups in total. The Kier molecular flexibility index (Phi) is 4.05. The first-order chi connectivity index (χ1) is 10.7. The minimum Gasteiger partial charge on any atom is -0.348 e. The van der Waals surface area contributed by atoms with Crippen LogP contribution < -0.4 is 5.32 Å². The standard InChI is InChI=1S/C19H18N2O/c1-15-8-10-16(11-9-15)14-20-19(22)17-6-2-3-7-18(17)21-12-4-5-13-21/h2-13H,14H2,1H3,(H,20,22). The molecule has 0 aliphatic rings. The number of para-hydroxylation sites is 1. The molecule has 110 valence electrons. The maximum atomic E-state index is 12.5. The predicted molar refractivity (Wildman–Crippen MR) is 88.1 cm³/mol. The summed E-state index contributed by atoms with van der Waals surface area (Å²) in [6, 6.07) is 19.7. The number of hydrogen-bond donors (Lipinski definition) is 1. The van der Waals surface area contributed by atoms with Gasteiger partial charge >= 0.3 is 0 Å². The van der Waals surface area contributed by atoms with E-state index in [1.54, 1.807) is 0 Å². The first kappa shape index (κ1) is 14.1. The number of carbonyl (C=O) groups is 1. The van der Waals surface area contributed by atoms with Crippen molar-refractivity contribution >= 4 is 5.91 Å². The summed E-state index contributed by atoms with van der Waals surface area (Å²) in [6.45, 7) is 2.58. The van der Waals surface area contributed by atoms with E-state index in [4.69, 9.17) is 0 Å². The monoisotopic (exact) mass is 290 g/mol. The fourth-order valence-electron chi connectivity index (χ4n) is 2.37. The maximum Gasteiger partial charge on any atom is 0.253 e. The zero-order valence-corrected chi connectivity index (χ0v) is 12.5. The summed E-state index contributed by atoms with van der Waals surface area (Å²) in [5.74, 6) is -0.0649. The SMILES string of the molecule is Cc1ccc(CNC(=O)c2ccccc2-n2cccc2)cc1. The molecule has 0 spiro atoms. The molecule has 0 bridgehead atoms. The van der Waals surface area contributed by atoms with E-state index in [0.717, 1.165) is 11.3 Å². The number of amides is 1. The van der Waals surface area contributed by atoms with Crippen LogP contribution in [0.3, 0.4) is 0 Å². The molecule has 0 unspecified atom stereocenters. The van der Waals surface area contributed by atoms with E-state index in [-0.39, 0.29) is 5.91 Å². The summed E-state index contributed by atoms with van der Waals surface area (Å²) in [4.78, 5) is 12.5. The highest BCUT2D eigenvalue weighted by Crippen LogP contribution is 2.15. The van der Waals surface area contributed by atoms with E-state index in [1.165, 1.54) is 5.56 Å². The van der Waals surface area contributed by atoms with Crippen molar-refractivity contribution in [1.29, 1.82) is 0 Å². The molecule has 0 atom stereocenters. The van der Waals surface area contributed by atoms with E-state index in [1.807, 2.05) is 65.5 Å². The summed E-state index contributed by atoms with van der Waals surface area (Å²) >= 11 is 0. The summed E-state index contributed by atoms with van der Waals surface area (Å²) in [7, 11) is 0. The largest absolute Gasteiger partial charge is 0.348 e. The highest BCUT2D eigenvalue weighted by atomic mass is 16.1. The molecule has 22 heavy (non-hydrogen) atoms. The number of nitrogens with zero attached hydrogens (tertiary/aromatic N) is 1. The first-order valence-corrected chi connectivity index (χ1v) is 7.30. The van der Waals surface area contributed by atoms with E-state index in [9.17, 15) is 4.79 Å². The first-order valence-electron chi connectivity index (χ1n) is 7.30. The lowest BCUT2D eigenvalue weighted by Crippen LogP contribution is -2.24. The van der Waals surface area contributed by atoms with Crippen molar-refractivity contribution in [2.75, 3.05) is 0 Å². The third-order valence-corrected chi connectivity index (χ3v) is 3.60. The zero-order valence-electron chi connectivity index (χ0n) is 12.5. The van der Waals surface area contributed by atoms with Crippen molar-refractivity contribution in [3.63, 3.8) is 0 Å². The molecule has 3 rings (SSSR count). The Morgan fingerprint density at radius 2 is 1.64 bits per heavy atom. The van der Waals surface area contributed by atoms with Crippen molar-refractivity contribution in [3.05, 3.63) is 89.7 Å². The molecule has 0 aliphatic carbocycles. The molecule has 0 radical (unpaired) electrons. The van der Waals surface area contributed by atoms with Crippen LogP contribution in [0.15, 0.2) is 73.1 Å². The van der Waals surface area contributed by atoms with Crippen molar-refractivity contribution in [2.45, 2.75) is 13.5 Å². The minimum absolute atomic E-state index is 0.0649. The van der Waals surface area contributed by atoms with E-state index in [2.05, 4.69) is 24.4 Å². The Balaban J connectivity index is 1.77. The van der Waals surface area contributed by atoms with E-state index in [0.29, 0.717) is 12.1 Å². The zero-order chi connectivity index (χ0) is 15.4. The summed E-state index contributed by atoms with van der Waals surface area (Å²) in [5, 5.41) is 2.98. The van der Waals surface area contributed by atoms with Crippen LogP contribution in [-0.4, -0.2) is 10.5 Å². The van der Waals surface area contributed by atoms with Crippen LogP contribution in [-0.2, 0) is 6.54 Å². The lowest BCUT2D eigenvalue weighted by molar-refractivity contribution is 0.0951. The molecule has 3 nitrogen and oxygen atoms in total. The second-order valence-electron chi connectivity index (χ2n) is 5.28. The van der Waals surface area contributed by atoms with Gasteiger partial charge in [-0.3, -0.25) is 4.79 Å². The number of hydrogen-bond acceptors (Lipinski definition) is 1. The van der Waals surface area contributed by atoms with Gasteiger partial charge in [-0.15, -0.1) is 0 Å². The van der Waals surface area contributed by atoms with Gasteiger partial charge in [0.05, 0.1) is 11.3 Å². The second kappa shape index (κ2) is 6.31. The van der Waals surface area contributed by atoms with Crippen LogP contribution in [0.1, 0.15) is 21.5 Å². The van der Waals surface area contributed by atoms with Gasteiger partial charge in [0.15, 0.2) is 0 Å². The van der Waals surface area contributed by atoms with Crippen LogP contribution in [0, 0.1) is 6.92 Å². The topological polar surface area (TPSA) is 34.0 Å². The lowest BCUT2D eigenvalue weighted by Gasteiger charge is -2.11. The van der Waals surface area contributed by atoms with Crippen molar-refractivity contribution < 1.29 is 4.79 Å². The Morgan fingerprint density at radius 1 is 0.955 bits per heavy atom. The Labute approximate surface area is 130 Å². The number of benzene rings is 2. The summed E-state index contributed by atoms with van der Waals surface area (Å²) < 4.78 is 1.95. The van der Waals surface area contributed by atoms with Crippen LogP contribution >= 0.6 is 0 Å². The van der Waals surface area contributed by atoms with Crippen LogP contribution in [0.2, 0.25) is 0 Å². The Bertz CT molecular complexity index is 758. The van der Waals surface area contributed by atoms with Gasteiger partial charge in [0.1, 0.15) is 0 Å². The number of aromatic nitrogens is 1. The summed E-state index contributed by atoms with van der Waals surface area (Å²) in [6.07, 6.45) is 3.87. The number of aryl methyl sites for hydroxylation is 1. The van der Waals surface area contributed by atoms with Gasteiger partial charge in [0.25, 0.3) is 5.91 Å². The number of nitrogens with one attached hydrogen (secondary N) is 1. The number of rotatable bonds is 4. The second-order valence-corrected chi connectivity index (χ2v) is 5.28. The quantitative estimate of drug-likeness (QED) is 0.780. The lowest BCUT2D eigenvalue weighted by atomic mass is 10.1. The summed E-state index contributed by atoms with van der Waals surface area (Å²) in [5.41, 5.74) is 3.87. The molecule has 2 aromatic carbocycles. The van der Waals surface area contributed by atoms with Gasteiger partial charge in [-0.25, -0.2) is 0 Å². The molecule has 0 saturated carbocycles. The maximum absolute atomic E-state index is 12.5. The Hall–Kier alpha value is -2.81. The molecule has 0 aliphatic heterocycles. The average molecular weight is 290 g/mol. The van der Waals surface area contributed by atoms with Crippen LogP contribution in [0.25, 0.3) is 5.69 Å². The molecule has 0 fully saturated rings. The van der Waals surface area contributed by atoms with Gasteiger partial charge in [0, 0.05) is 18.9 Å². The van der Waals surface area contributed by atoms with Gasteiger partial charge in [-0.2, -0.15) is 0 Å². The van der Waals surface area contributed by atoms with Crippen LogP contribution in [0.4, 0.5) is 0 Å². The van der Waals surface area contributed by atoms with E-state index < -0.39 is 0 Å².